The Morgan fingerprint density at radius 3 is 2.52 bits per heavy atom. The first kappa shape index (κ1) is 13.9. The molecule has 0 radical (unpaired) electrons. The van der Waals surface area contributed by atoms with Gasteiger partial charge in [0.2, 0.25) is 0 Å². The van der Waals surface area contributed by atoms with Gasteiger partial charge in [0.1, 0.15) is 11.3 Å². The topological polar surface area (TPSA) is 25.2 Å². The number of fused-ring (bicyclic) bond motifs is 1. The first-order chi connectivity index (χ1) is 10.2. The third-order valence-electron chi connectivity index (χ3n) is 3.88. The summed E-state index contributed by atoms with van der Waals surface area (Å²) in [7, 11) is 0. The lowest BCUT2D eigenvalue weighted by Gasteiger charge is -2.12. The van der Waals surface area contributed by atoms with Gasteiger partial charge in [0.15, 0.2) is 0 Å². The second kappa shape index (κ2) is 5.74. The summed E-state index contributed by atoms with van der Waals surface area (Å²) in [6.07, 6.45) is 0. The van der Waals surface area contributed by atoms with Crippen molar-refractivity contribution in [3.8, 4) is 11.3 Å². The van der Waals surface area contributed by atoms with Crippen molar-refractivity contribution in [3.63, 3.8) is 0 Å². The number of hydrogen-bond acceptors (Lipinski definition) is 2. The second-order valence-corrected chi connectivity index (χ2v) is 5.55. The first-order valence-electron chi connectivity index (χ1n) is 7.51. The zero-order chi connectivity index (χ0) is 14.8. The van der Waals surface area contributed by atoms with Crippen LogP contribution in [0, 0.1) is 6.92 Å². The molecule has 0 amide bonds. The Morgan fingerprint density at radius 2 is 1.81 bits per heavy atom. The third kappa shape index (κ3) is 2.86. The molecule has 3 aromatic rings. The molecule has 1 aromatic heterocycles. The highest BCUT2D eigenvalue weighted by Gasteiger charge is 2.08. The van der Waals surface area contributed by atoms with Crippen molar-refractivity contribution in [1.82, 2.24) is 5.32 Å². The first-order valence-corrected chi connectivity index (χ1v) is 7.51. The molecule has 0 saturated carbocycles. The van der Waals surface area contributed by atoms with Crippen LogP contribution in [0.5, 0.6) is 0 Å². The third-order valence-corrected chi connectivity index (χ3v) is 3.88. The number of nitrogens with one attached hydrogen (secondary N) is 1. The molecule has 0 spiro atoms. The molecular formula is C19H21NO. The van der Waals surface area contributed by atoms with Crippen molar-refractivity contribution in [2.45, 2.75) is 26.8 Å². The van der Waals surface area contributed by atoms with Crippen LogP contribution in [0.15, 0.2) is 52.9 Å². The fraction of sp³-hybridized carbons (Fsp3) is 0.263. The summed E-state index contributed by atoms with van der Waals surface area (Å²) in [5.74, 6) is 0.929. The van der Waals surface area contributed by atoms with Gasteiger partial charge in [-0.05, 0) is 44.2 Å². The van der Waals surface area contributed by atoms with Gasteiger partial charge in [0, 0.05) is 17.0 Å². The van der Waals surface area contributed by atoms with E-state index in [9.17, 15) is 0 Å². The van der Waals surface area contributed by atoms with E-state index in [4.69, 9.17) is 4.42 Å². The molecule has 2 aromatic carbocycles. The van der Waals surface area contributed by atoms with Crippen molar-refractivity contribution >= 4 is 11.0 Å². The zero-order valence-corrected chi connectivity index (χ0v) is 12.8. The molecule has 21 heavy (non-hydrogen) atoms. The second-order valence-electron chi connectivity index (χ2n) is 5.55. The highest BCUT2D eigenvalue weighted by Crippen LogP contribution is 2.29. The van der Waals surface area contributed by atoms with Gasteiger partial charge < -0.3 is 9.73 Å². The van der Waals surface area contributed by atoms with Gasteiger partial charge in [-0.15, -0.1) is 0 Å². The quantitative estimate of drug-likeness (QED) is 0.720. The summed E-state index contributed by atoms with van der Waals surface area (Å²) in [5.41, 5.74) is 4.62. The fourth-order valence-corrected chi connectivity index (χ4v) is 2.67. The number of hydrogen-bond donors (Lipinski definition) is 1. The van der Waals surface area contributed by atoms with Crippen LogP contribution in [-0.2, 0) is 0 Å². The lowest BCUT2D eigenvalue weighted by Crippen LogP contribution is -2.17. The largest absolute Gasteiger partial charge is 0.456 e. The van der Waals surface area contributed by atoms with Crippen LogP contribution < -0.4 is 5.32 Å². The van der Waals surface area contributed by atoms with Gasteiger partial charge >= 0.3 is 0 Å². The number of benzene rings is 2. The average molecular weight is 279 g/mol. The van der Waals surface area contributed by atoms with Crippen LogP contribution in [-0.4, -0.2) is 6.54 Å². The van der Waals surface area contributed by atoms with E-state index in [0.717, 1.165) is 28.8 Å². The van der Waals surface area contributed by atoms with Gasteiger partial charge in [-0.2, -0.15) is 0 Å². The maximum absolute atomic E-state index is 5.94. The van der Waals surface area contributed by atoms with Gasteiger partial charge in [-0.3, -0.25) is 0 Å². The van der Waals surface area contributed by atoms with Crippen LogP contribution in [0.4, 0.5) is 0 Å². The molecule has 0 fully saturated rings. The Hall–Kier alpha value is -2.06. The van der Waals surface area contributed by atoms with Crippen molar-refractivity contribution in [2.24, 2.45) is 0 Å². The van der Waals surface area contributed by atoms with Crippen LogP contribution >= 0.6 is 0 Å². The minimum absolute atomic E-state index is 0.377. The van der Waals surface area contributed by atoms with E-state index < -0.39 is 0 Å². The standard InChI is InChI=1S/C19H21NO/c1-4-20-14(3)15-6-8-16(9-7-15)19-12-17-11-13(2)5-10-18(17)21-19/h5-12,14,20H,4H2,1-3H3. The van der Waals surface area contributed by atoms with Gasteiger partial charge in [0.05, 0.1) is 0 Å². The van der Waals surface area contributed by atoms with E-state index in [2.05, 4.69) is 68.6 Å². The average Bonchev–Trinajstić information content (AvgIpc) is 2.90. The Morgan fingerprint density at radius 1 is 1.05 bits per heavy atom. The van der Waals surface area contributed by atoms with E-state index in [1.54, 1.807) is 0 Å². The van der Waals surface area contributed by atoms with Crippen LogP contribution in [0.1, 0.15) is 31.0 Å². The maximum atomic E-state index is 5.94. The van der Waals surface area contributed by atoms with Crippen LogP contribution in [0.2, 0.25) is 0 Å². The molecule has 0 aliphatic rings. The summed E-state index contributed by atoms with van der Waals surface area (Å²) in [4.78, 5) is 0. The normalized spacial score (nSPS) is 12.7. The zero-order valence-electron chi connectivity index (χ0n) is 12.8. The molecule has 1 unspecified atom stereocenters. The van der Waals surface area contributed by atoms with E-state index in [0.29, 0.717) is 6.04 Å². The molecule has 0 bridgehead atoms. The number of rotatable bonds is 4. The van der Waals surface area contributed by atoms with Gasteiger partial charge in [-0.25, -0.2) is 0 Å². The van der Waals surface area contributed by atoms with E-state index in [1.165, 1.54) is 11.1 Å². The summed E-state index contributed by atoms with van der Waals surface area (Å²) >= 11 is 0. The molecule has 1 atom stereocenters. The van der Waals surface area contributed by atoms with Crippen molar-refractivity contribution < 1.29 is 4.42 Å². The Balaban J connectivity index is 1.91. The smallest absolute Gasteiger partial charge is 0.135 e. The predicted molar refractivity (Wildman–Crippen MR) is 88.5 cm³/mol. The fourth-order valence-electron chi connectivity index (χ4n) is 2.67. The summed E-state index contributed by atoms with van der Waals surface area (Å²) in [6.45, 7) is 7.39. The van der Waals surface area contributed by atoms with Crippen molar-refractivity contribution in [2.75, 3.05) is 6.54 Å². The van der Waals surface area contributed by atoms with Crippen LogP contribution in [0.3, 0.4) is 0 Å². The molecule has 108 valence electrons. The molecule has 1 N–H and O–H groups in total. The molecule has 2 nitrogen and oxygen atoms in total. The van der Waals surface area contributed by atoms with Crippen molar-refractivity contribution in [1.29, 1.82) is 0 Å². The number of aryl methyl sites for hydroxylation is 1. The molecule has 3 rings (SSSR count). The Labute approximate surface area is 125 Å². The lowest BCUT2D eigenvalue weighted by molar-refractivity contribution is 0.598. The molecule has 2 heteroatoms. The predicted octanol–water partition coefficient (Wildman–Crippen LogP) is 5.08. The monoisotopic (exact) mass is 279 g/mol. The Kier molecular flexibility index (Phi) is 3.80. The highest BCUT2D eigenvalue weighted by atomic mass is 16.3. The number of furan rings is 1. The summed E-state index contributed by atoms with van der Waals surface area (Å²) < 4.78 is 5.94. The van der Waals surface area contributed by atoms with Crippen LogP contribution in [0.25, 0.3) is 22.3 Å². The molecule has 0 saturated heterocycles. The molecular weight excluding hydrogens is 258 g/mol. The summed E-state index contributed by atoms with van der Waals surface area (Å²) in [6, 6.07) is 17.4. The highest BCUT2D eigenvalue weighted by molar-refractivity contribution is 5.83. The Bertz CT molecular complexity index is 740. The molecule has 1 heterocycles. The van der Waals surface area contributed by atoms with E-state index >= 15 is 0 Å². The van der Waals surface area contributed by atoms with Crippen molar-refractivity contribution in [3.05, 3.63) is 59.7 Å². The van der Waals surface area contributed by atoms with Gasteiger partial charge in [0.25, 0.3) is 0 Å². The summed E-state index contributed by atoms with van der Waals surface area (Å²) in [5, 5.41) is 4.59. The van der Waals surface area contributed by atoms with Gasteiger partial charge in [-0.1, -0.05) is 42.8 Å². The van der Waals surface area contributed by atoms with E-state index in [-0.39, 0.29) is 0 Å². The minimum Gasteiger partial charge on any atom is -0.456 e. The SMILES string of the molecule is CCNC(C)c1ccc(-c2cc3cc(C)ccc3o2)cc1. The lowest BCUT2D eigenvalue weighted by atomic mass is 10.0. The molecule has 0 aliphatic heterocycles. The molecule has 0 aliphatic carbocycles. The maximum Gasteiger partial charge on any atom is 0.135 e. The minimum atomic E-state index is 0.377. The van der Waals surface area contributed by atoms with E-state index in [1.807, 2.05) is 6.07 Å².